The van der Waals surface area contributed by atoms with E-state index in [9.17, 15) is 9.90 Å². The molecular weight excluding hydrogens is 264 g/mol. The van der Waals surface area contributed by atoms with Crippen LogP contribution in [0.15, 0.2) is 24.3 Å². The summed E-state index contributed by atoms with van der Waals surface area (Å²) in [5.41, 5.74) is 0. The van der Waals surface area contributed by atoms with E-state index < -0.39 is 11.9 Å². The molecule has 20 heavy (non-hydrogen) atoms. The largest absolute Gasteiger partial charge is 0.493 e. The topological polar surface area (TPSA) is 74.2 Å². The van der Waals surface area contributed by atoms with Gasteiger partial charge in [-0.15, -0.1) is 0 Å². The second kappa shape index (κ2) is 7.72. The normalized spacial score (nSPS) is 13.6. The van der Waals surface area contributed by atoms with E-state index in [1.165, 1.54) is 7.11 Å². The van der Waals surface area contributed by atoms with Gasteiger partial charge in [-0.1, -0.05) is 19.1 Å². The molecule has 0 aromatic heterocycles. The number of carbonyl (C=O) groups is 1. The number of ether oxygens (including phenoxy) is 4. The first-order valence-electron chi connectivity index (χ1n) is 6.43. The van der Waals surface area contributed by atoms with Gasteiger partial charge < -0.3 is 24.1 Å². The molecule has 6 nitrogen and oxygen atoms in total. The zero-order valence-electron chi connectivity index (χ0n) is 11.9. The number of rotatable bonds is 9. The average molecular weight is 284 g/mol. The van der Waals surface area contributed by atoms with Gasteiger partial charge in [-0.2, -0.15) is 0 Å². The fraction of sp³-hybridized carbons (Fsp3) is 0.500. The molecule has 0 saturated heterocycles. The van der Waals surface area contributed by atoms with Crippen LogP contribution in [0.3, 0.4) is 0 Å². The predicted molar refractivity (Wildman–Crippen MR) is 71.9 cm³/mol. The van der Waals surface area contributed by atoms with Gasteiger partial charge in [0.25, 0.3) is 0 Å². The van der Waals surface area contributed by atoms with Gasteiger partial charge >= 0.3 is 11.9 Å². The van der Waals surface area contributed by atoms with Gasteiger partial charge in [-0.05, 0) is 25.5 Å². The summed E-state index contributed by atoms with van der Waals surface area (Å²) in [6, 6.07) is 6.70. The molecule has 0 aliphatic carbocycles. The standard InChI is InChI=1S/C14H20O6/c1-4-10-19-14(13(15)16,18-5-2)20-12-9-7-6-8-11(12)17-3/h6-9H,4-5,10H2,1-3H3,(H,15,16). The van der Waals surface area contributed by atoms with Gasteiger partial charge in [0.05, 0.1) is 20.3 Å². The molecule has 1 unspecified atom stereocenters. The van der Waals surface area contributed by atoms with Gasteiger partial charge in [0.15, 0.2) is 11.5 Å². The van der Waals surface area contributed by atoms with Crippen LogP contribution in [0.5, 0.6) is 11.5 Å². The zero-order chi connectivity index (χ0) is 15.0. The summed E-state index contributed by atoms with van der Waals surface area (Å²) in [6.07, 6.45) is 0.636. The number of benzene rings is 1. The lowest BCUT2D eigenvalue weighted by Gasteiger charge is -2.29. The molecule has 0 spiro atoms. The Morgan fingerprint density at radius 3 is 2.35 bits per heavy atom. The highest BCUT2D eigenvalue weighted by molar-refractivity contribution is 5.74. The minimum absolute atomic E-state index is 0.130. The summed E-state index contributed by atoms with van der Waals surface area (Å²) < 4.78 is 21.1. The Labute approximate surface area is 118 Å². The predicted octanol–water partition coefficient (Wildman–Crippen LogP) is 2.28. The molecule has 0 heterocycles. The van der Waals surface area contributed by atoms with Crippen molar-refractivity contribution < 1.29 is 28.8 Å². The Bertz CT molecular complexity index is 433. The van der Waals surface area contributed by atoms with E-state index in [2.05, 4.69) is 0 Å². The number of methoxy groups -OCH3 is 1. The number of carboxylic acids is 1. The molecule has 1 atom stereocenters. The molecule has 0 saturated carbocycles. The van der Waals surface area contributed by atoms with E-state index in [4.69, 9.17) is 18.9 Å². The highest BCUT2D eigenvalue weighted by atomic mass is 16.9. The molecule has 0 aliphatic heterocycles. The first-order chi connectivity index (χ1) is 9.59. The van der Waals surface area contributed by atoms with E-state index in [-0.39, 0.29) is 19.0 Å². The van der Waals surface area contributed by atoms with Crippen LogP contribution in [0.25, 0.3) is 0 Å². The van der Waals surface area contributed by atoms with Crippen molar-refractivity contribution in [3.05, 3.63) is 24.3 Å². The first-order valence-corrected chi connectivity index (χ1v) is 6.43. The summed E-state index contributed by atoms with van der Waals surface area (Å²) in [4.78, 5) is 11.5. The lowest BCUT2D eigenvalue weighted by molar-refractivity contribution is -0.327. The van der Waals surface area contributed by atoms with Crippen molar-refractivity contribution in [3.63, 3.8) is 0 Å². The number of hydrogen-bond donors (Lipinski definition) is 1. The van der Waals surface area contributed by atoms with Gasteiger partial charge in [-0.3, -0.25) is 0 Å². The Hall–Kier alpha value is -1.79. The van der Waals surface area contributed by atoms with Crippen LogP contribution in [0.4, 0.5) is 0 Å². The maximum absolute atomic E-state index is 11.5. The molecule has 0 fully saturated rings. The summed E-state index contributed by atoms with van der Waals surface area (Å²) in [5.74, 6) is -2.88. The molecule has 112 valence electrons. The van der Waals surface area contributed by atoms with E-state index in [1.807, 2.05) is 6.92 Å². The van der Waals surface area contributed by atoms with Crippen molar-refractivity contribution in [2.45, 2.75) is 26.2 Å². The Morgan fingerprint density at radius 1 is 1.20 bits per heavy atom. The minimum Gasteiger partial charge on any atom is -0.493 e. The maximum atomic E-state index is 11.5. The minimum atomic E-state index is -2.17. The van der Waals surface area contributed by atoms with Crippen molar-refractivity contribution in [3.8, 4) is 11.5 Å². The first kappa shape index (κ1) is 16.3. The third kappa shape index (κ3) is 3.85. The van der Waals surface area contributed by atoms with Crippen molar-refractivity contribution in [2.24, 2.45) is 0 Å². The fourth-order valence-corrected chi connectivity index (χ4v) is 1.54. The van der Waals surface area contributed by atoms with Crippen molar-refractivity contribution in [1.29, 1.82) is 0 Å². The summed E-state index contributed by atoms with van der Waals surface area (Å²) >= 11 is 0. The number of carboxylic acid groups (broad SMARTS) is 1. The van der Waals surface area contributed by atoms with Crippen LogP contribution in [-0.4, -0.2) is 37.4 Å². The highest BCUT2D eigenvalue weighted by Gasteiger charge is 2.45. The smallest absolute Gasteiger partial charge is 0.432 e. The average Bonchev–Trinajstić information content (AvgIpc) is 2.45. The molecule has 1 aromatic carbocycles. The van der Waals surface area contributed by atoms with Crippen LogP contribution in [-0.2, 0) is 14.3 Å². The molecule has 0 radical (unpaired) electrons. The number of hydrogen-bond acceptors (Lipinski definition) is 5. The van der Waals surface area contributed by atoms with Gasteiger partial charge in [0, 0.05) is 0 Å². The number of aliphatic carboxylic acids is 1. The second-order valence-corrected chi connectivity index (χ2v) is 3.90. The van der Waals surface area contributed by atoms with E-state index >= 15 is 0 Å². The van der Waals surface area contributed by atoms with Crippen LogP contribution >= 0.6 is 0 Å². The van der Waals surface area contributed by atoms with E-state index in [0.717, 1.165) is 0 Å². The monoisotopic (exact) mass is 284 g/mol. The van der Waals surface area contributed by atoms with Gasteiger partial charge in [0.1, 0.15) is 0 Å². The Morgan fingerprint density at radius 2 is 1.85 bits per heavy atom. The Kier molecular flexibility index (Phi) is 6.27. The molecule has 0 amide bonds. The molecule has 0 aliphatic rings. The maximum Gasteiger partial charge on any atom is 0.432 e. The van der Waals surface area contributed by atoms with Gasteiger partial charge in [0.2, 0.25) is 0 Å². The van der Waals surface area contributed by atoms with Crippen LogP contribution in [0, 0.1) is 0 Å². The van der Waals surface area contributed by atoms with E-state index in [0.29, 0.717) is 12.2 Å². The van der Waals surface area contributed by atoms with Crippen LogP contribution in [0.1, 0.15) is 20.3 Å². The lowest BCUT2D eigenvalue weighted by atomic mass is 10.3. The fourth-order valence-electron chi connectivity index (χ4n) is 1.54. The van der Waals surface area contributed by atoms with Gasteiger partial charge in [-0.25, -0.2) is 4.79 Å². The molecular formula is C14H20O6. The molecule has 1 aromatic rings. The summed E-state index contributed by atoms with van der Waals surface area (Å²) in [5, 5.41) is 9.39. The molecule has 1 rings (SSSR count). The molecule has 1 N–H and O–H groups in total. The van der Waals surface area contributed by atoms with Crippen molar-refractivity contribution in [1.82, 2.24) is 0 Å². The summed E-state index contributed by atoms with van der Waals surface area (Å²) in [7, 11) is 1.47. The third-order valence-corrected chi connectivity index (χ3v) is 2.41. The van der Waals surface area contributed by atoms with Crippen molar-refractivity contribution in [2.75, 3.05) is 20.3 Å². The van der Waals surface area contributed by atoms with Crippen LogP contribution < -0.4 is 9.47 Å². The Balaban J connectivity index is 3.06. The van der Waals surface area contributed by atoms with Crippen molar-refractivity contribution >= 4 is 5.97 Å². The van der Waals surface area contributed by atoms with E-state index in [1.54, 1.807) is 31.2 Å². The third-order valence-electron chi connectivity index (χ3n) is 2.41. The summed E-state index contributed by atoms with van der Waals surface area (Å²) in [6.45, 7) is 3.85. The second-order valence-electron chi connectivity index (χ2n) is 3.90. The molecule has 0 bridgehead atoms. The lowest BCUT2D eigenvalue weighted by Crippen LogP contribution is -2.50. The SMILES string of the molecule is CCCOC(OCC)(Oc1ccccc1OC)C(=O)O. The zero-order valence-corrected chi connectivity index (χ0v) is 11.9. The molecule has 6 heteroatoms. The van der Waals surface area contributed by atoms with Crippen LogP contribution in [0.2, 0.25) is 0 Å². The highest BCUT2D eigenvalue weighted by Crippen LogP contribution is 2.31. The number of para-hydroxylation sites is 2. The quantitative estimate of drug-likeness (QED) is 0.701.